The molecule has 0 atom stereocenters. The second-order valence-corrected chi connectivity index (χ2v) is 2.91. The first-order valence-electron chi connectivity index (χ1n) is 4.14. The summed E-state index contributed by atoms with van der Waals surface area (Å²) in [5, 5.41) is 0. The van der Waals surface area contributed by atoms with Crippen LogP contribution in [0.5, 0.6) is 0 Å². The van der Waals surface area contributed by atoms with Crippen molar-refractivity contribution in [3.63, 3.8) is 0 Å². The maximum atomic E-state index is 11.3. The number of hydrogen-bond donors (Lipinski definition) is 1. The van der Waals surface area contributed by atoms with E-state index in [0.717, 1.165) is 0 Å². The van der Waals surface area contributed by atoms with E-state index >= 15 is 0 Å². The fourth-order valence-corrected chi connectivity index (χ4v) is 1.31. The van der Waals surface area contributed by atoms with Crippen LogP contribution in [0.3, 0.4) is 0 Å². The number of nitrogens with zero attached hydrogens (tertiary/aromatic N) is 2. The summed E-state index contributed by atoms with van der Waals surface area (Å²) in [4.78, 5) is 24.7. The van der Waals surface area contributed by atoms with Crippen LogP contribution in [-0.2, 0) is 7.05 Å². The van der Waals surface area contributed by atoms with Crippen molar-refractivity contribution in [1.29, 1.82) is 0 Å². The summed E-state index contributed by atoms with van der Waals surface area (Å²) < 4.78 is 2.51. The number of rotatable bonds is 1. The molecule has 0 aliphatic carbocycles. The van der Waals surface area contributed by atoms with Gasteiger partial charge in [-0.05, 0) is 12.1 Å². The van der Waals surface area contributed by atoms with Gasteiger partial charge in [0.05, 0.1) is 5.69 Å². The average molecular weight is 231 g/mol. The van der Waals surface area contributed by atoms with Crippen molar-refractivity contribution in [2.45, 2.75) is 0 Å². The SMILES string of the molecule is Cn1c(=O)[nH]c(=O)n1-c1ccccc1.[H-].[K+]. The molecule has 0 bridgehead atoms. The molecule has 0 spiro atoms. The Morgan fingerprint density at radius 1 is 1.13 bits per heavy atom. The summed E-state index contributed by atoms with van der Waals surface area (Å²) >= 11 is 0. The zero-order valence-corrected chi connectivity index (χ0v) is 11.7. The third-order valence-corrected chi connectivity index (χ3v) is 2.00. The second kappa shape index (κ2) is 5.09. The summed E-state index contributed by atoms with van der Waals surface area (Å²) in [5.41, 5.74) is -0.180. The van der Waals surface area contributed by atoms with Crippen LogP contribution in [-0.4, -0.2) is 14.3 Å². The molecule has 1 N–H and O–H groups in total. The van der Waals surface area contributed by atoms with Gasteiger partial charge in [0.15, 0.2) is 0 Å². The zero-order chi connectivity index (χ0) is 10.1. The normalized spacial score (nSPS) is 9.67. The fourth-order valence-electron chi connectivity index (χ4n) is 1.31. The molecule has 0 saturated heterocycles. The Kier molecular flexibility index (Phi) is 4.29. The van der Waals surface area contributed by atoms with Crippen molar-refractivity contribution < 1.29 is 52.8 Å². The van der Waals surface area contributed by atoms with E-state index in [1.807, 2.05) is 6.07 Å². The summed E-state index contributed by atoms with van der Waals surface area (Å²) in [5.74, 6) is 0. The molecule has 0 aliphatic heterocycles. The topological polar surface area (TPSA) is 59.8 Å². The first-order valence-corrected chi connectivity index (χ1v) is 4.14. The Bertz CT molecular complexity index is 558. The van der Waals surface area contributed by atoms with Gasteiger partial charge in [-0.2, -0.15) is 4.68 Å². The molecule has 2 rings (SSSR count). The van der Waals surface area contributed by atoms with Crippen LogP contribution >= 0.6 is 0 Å². The number of aromatic amines is 1. The number of benzene rings is 1. The number of para-hydroxylation sites is 1. The van der Waals surface area contributed by atoms with Crippen LogP contribution in [0.15, 0.2) is 39.9 Å². The third-order valence-electron chi connectivity index (χ3n) is 2.00. The van der Waals surface area contributed by atoms with E-state index < -0.39 is 11.4 Å². The van der Waals surface area contributed by atoms with E-state index in [1.54, 1.807) is 24.3 Å². The minimum absolute atomic E-state index is 0. The molecule has 5 nitrogen and oxygen atoms in total. The summed E-state index contributed by atoms with van der Waals surface area (Å²) in [6.45, 7) is 0. The van der Waals surface area contributed by atoms with E-state index in [2.05, 4.69) is 4.98 Å². The van der Waals surface area contributed by atoms with Crippen molar-refractivity contribution in [2.24, 2.45) is 7.05 Å². The second-order valence-electron chi connectivity index (χ2n) is 2.91. The summed E-state index contributed by atoms with van der Waals surface area (Å²) in [7, 11) is 1.53. The predicted molar refractivity (Wildman–Crippen MR) is 52.7 cm³/mol. The van der Waals surface area contributed by atoms with Crippen LogP contribution in [0.2, 0.25) is 0 Å². The maximum Gasteiger partial charge on any atom is 1.00 e. The van der Waals surface area contributed by atoms with Crippen LogP contribution < -0.4 is 62.8 Å². The van der Waals surface area contributed by atoms with Gasteiger partial charge in [-0.25, -0.2) is 14.3 Å². The maximum absolute atomic E-state index is 11.3. The molecule has 0 fully saturated rings. The van der Waals surface area contributed by atoms with Crippen LogP contribution in [0.25, 0.3) is 5.69 Å². The van der Waals surface area contributed by atoms with Gasteiger partial charge in [-0.3, -0.25) is 4.98 Å². The van der Waals surface area contributed by atoms with Gasteiger partial charge in [0.1, 0.15) is 0 Å². The molecule has 74 valence electrons. The Hall–Kier alpha value is -0.404. The van der Waals surface area contributed by atoms with Gasteiger partial charge in [-0.15, -0.1) is 0 Å². The van der Waals surface area contributed by atoms with Crippen molar-refractivity contribution in [1.82, 2.24) is 14.3 Å². The van der Waals surface area contributed by atoms with Crippen LogP contribution in [0, 0.1) is 0 Å². The van der Waals surface area contributed by atoms with E-state index in [9.17, 15) is 9.59 Å². The molecule has 0 unspecified atom stereocenters. The molecule has 0 radical (unpaired) electrons. The van der Waals surface area contributed by atoms with E-state index in [0.29, 0.717) is 5.69 Å². The minimum atomic E-state index is -0.427. The molecule has 6 heteroatoms. The fraction of sp³-hybridized carbons (Fsp3) is 0.111. The molecular formula is C9H10KN3O2. The Morgan fingerprint density at radius 2 is 1.73 bits per heavy atom. The smallest absolute Gasteiger partial charge is 1.00 e. The average Bonchev–Trinajstić information content (AvgIpc) is 2.43. The summed E-state index contributed by atoms with van der Waals surface area (Å²) in [6.07, 6.45) is 0. The molecule has 15 heavy (non-hydrogen) atoms. The number of nitrogens with one attached hydrogen (secondary N) is 1. The van der Waals surface area contributed by atoms with E-state index in [-0.39, 0.29) is 52.8 Å². The van der Waals surface area contributed by atoms with Crippen molar-refractivity contribution in [2.75, 3.05) is 0 Å². The summed E-state index contributed by atoms with van der Waals surface area (Å²) in [6, 6.07) is 8.97. The zero-order valence-electron chi connectivity index (χ0n) is 9.60. The Balaban J connectivity index is 0.00000112. The first kappa shape index (κ1) is 12.7. The number of H-pyrrole nitrogens is 1. The standard InChI is InChI=1S/C9H9N3O2.K.H/c1-11-8(13)10-9(14)12(11)7-5-3-2-4-6-7;;/h2-6H,1H3,(H,10,13,14);;/q;+1;-1. The molecule has 1 heterocycles. The quantitative estimate of drug-likeness (QED) is 0.531. The van der Waals surface area contributed by atoms with Crippen LogP contribution in [0.4, 0.5) is 0 Å². The molecule has 0 aliphatic rings. The number of hydrogen-bond acceptors (Lipinski definition) is 2. The van der Waals surface area contributed by atoms with Gasteiger partial charge in [0, 0.05) is 7.05 Å². The predicted octanol–water partition coefficient (Wildman–Crippen LogP) is -3.02. The number of aromatic nitrogens is 3. The monoisotopic (exact) mass is 231 g/mol. The molecule has 0 saturated carbocycles. The van der Waals surface area contributed by atoms with Crippen molar-refractivity contribution in [3.05, 3.63) is 51.3 Å². The largest absolute Gasteiger partial charge is 1.00 e. The molecule has 1 aromatic heterocycles. The Morgan fingerprint density at radius 3 is 2.20 bits per heavy atom. The van der Waals surface area contributed by atoms with E-state index in [1.165, 1.54) is 16.4 Å². The van der Waals surface area contributed by atoms with E-state index in [4.69, 9.17) is 0 Å². The molecule has 2 aromatic rings. The Labute approximate surface area is 130 Å². The van der Waals surface area contributed by atoms with Gasteiger partial charge in [0.2, 0.25) is 0 Å². The van der Waals surface area contributed by atoms with Crippen molar-refractivity contribution >= 4 is 0 Å². The third kappa shape index (κ3) is 2.40. The van der Waals surface area contributed by atoms with Gasteiger partial charge in [0.25, 0.3) is 0 Å². The molecule has 1 aromatic carbocycles. The van der Waals surface area contributed by atoms with Gasteiger partial charge in [-0.1, -0.05) is 18.2 Å². The van der Waals surface area contributed by atoms with Crippen LogP contribution in [0.1, 0.15) is 1.43 Å². The molecular weight excluding hydrogens is 221 g/mol. The molecule has 0 amide bonds. The van der Waals surface area contributed by atoms with Gasteiger partial charge >= 0.3 is 62.8 Å². The van der Waals surface area contributed by atoms with Crippen molar-refractivity contribution in [3.8, 4) is 5.69 Å². The minimum Gasteiger partial charge on any atom is -1.00 e. The first-order chi connectivity index (χ1) is 6.70. The van der Waals surface area contributed by atoms with Gasteiger partial charge < -0.3 is 1.43 Å².